The van der Waals surface area contributed by atoms with Crippen molar-refractivity contribution in [2.75, 3.05) is 19.7 Å². The number of amides is 2. The topological polar surface area (TPSA) is 71.8 Å². The number of nitrogens with one attached hydrogen (secondary N) is 1. The van der Waals surface area contributed by atoms with Crippen molar-refractivity contribution in [3.8, 4) is 5.75 Å². The largest absolute Gasteiger partial charge is 0.493 e. The molecule has 0 unspecified atom stereocenters. The van der Waals surface area contributed by atoms with Crippen molar-refractivity contribution in [2.24, 2.45) is 0 Å². The Hall–Kier alpha value is -3.02. The number of carbonyl (C=O) groups excluding carboxylic acids is 2. The zero-order valence-corrected chi connectivity index (χ0v) is 15.0. The average molecular weight is 366 g/mol. The van der Waals surface area contributed by atoms with Crippen LogP contribution in [0.4, 0.5) is 0 Å². The monoisotopic (exact) mass is 366 g/mol. The molecule has 1 aromatic heterocycles. The van der Waals surface area contributed by atoms with Gasteiger partial charge in [-0.25, -0.2) is 0 Å². The lowest BCUT2D eigenvalue weighted by atomic mass is 10.0. The first-order valence-electron chi connectivity index (χ1n) is 9.26. The maximum absolute atomic E-state index is 12.3. The molecule has 0 saturated carbocycles. The molecule has 27 heavy (non-hydrogen) atoms. The number of piperidine rings is 1. The van der Waals surface area contributed by atoms with Crippen LogP contribution in [0.1, 0.15) is 34.5 Å². The number of rotatable bonds is 4. The summed E-state index contributed by atoms with van der Waals surface area (Å²) in [6.45, 7) is 1.95. The third kappa shape index (κ3) is 4.05. The fraction of sp³-hybridized carbons (Fsp3) is 0.333. The number of likely N-dealkylation sites (tertiary alicyclic amines) is 1. The van der Waals surface area contributed by atoms with Gasteiger partial charge in [0, 0.05) is 31.6 Å². The van der Waals surface area contributed by atoms with Gasteiger partial charge in [-0.05, 0) is 54.3 Å². The molecule has 0 spiro atoms. The molecular formula is C21H22N2O4. The molecule has 1 N–H and O–H groups in total. The van der Waals surface area contributed by atoms with Crippen molar-refractivity contribution in [1.82, 2.24) is 10.2 Å². The molecule has 0 radical (unpaired) electrons. The summed E-state index contributed by atoms with van der Waals surface area (Å²) >= 11 is 0. The van der Waals surface area contributed by atoms with E-state index in [2.05, 4.69) is 11.4 Å². The van der Waals surface area contributed by atoms with E-state index < -0.39 is 0 Å². The van der Waals surface area contributed by atoms with Crippen molar-refractivity contribution in [3.63, 3.8) is 0 Å². The lowest BCUT2D eigenvalue weighted by Crippen LogP contribution is -2.46. The second-order valence-electron chi connectivity index (χ2n) is 6.85. The highest BCUT2D eigenvalue weighted by Crippen LogP contribution is 2.26. The van der Waals surface area contributed by atoms with Crippen molar-refractivity contribution in [2.45, 2.75) is 25.3 Å². The van der Waals surface area contributed by atoms with Crippen LogP contribution in [0.25, 0.3) is 6.08 Å². The molecule has 6 nitrogen and oxygen atoms in total. The number of hydrogen-bond donors (Lipinski definition) is 1. The molecular weight excluding hydrogens is 344 g/mol. The highest BCUT2D eigenvalue weighted by atomic mass is 16.5. The number of ether oxygens (including phenoxy) is 1. The van der Waals surface area contributed by atoms with Gasteiger partial charge in [-0.2, -0.15) is 0 Å². The summed E-state index contributed by atoms with van der Waals surface area (Å²) in [5.41, 5.74) is 2.18. The van der Waals surface area contributed by atoms with E-state index in [4.69, 9.17) is 9.15 Å². The van der Waals surface area contributed by atoms with Gasteiger partial charge in [0.1, 0.15) is 5.75 Å². The first kappa shape index (κ1) is 17.4. The van der Waals surface area contributed by atoms with Crippen LogP contribution in [-0.2, 0) is 11.2 Å². The SMILES string of the molecule is O=C(/C=C/c1ccc2c(c1)CCO2)NC1CCN(C(=O)c2ccco2)CC1. The zero-order valence-electron chi connectivity index (χ0n) is 15.0. The van der Waals surface area contributed by atoms with Crippen LogP contribution in [-0.4, -0.2) is 42.5 Å². The van der Waals surface area contributed by atoms with Gasteiger partial charge >= 0.3 is 0 Å². The molecule has 3 heterocycles. The first-order chi connectivity index (χ1) is 13.2. The minimum atomic E-state index is -0.109. The average Bonchev–Trinajstić information content (AvgIpc) is 3.38. The third-order valence-corrected chi connectivity index (χ3v) is 5.00. The van der Waals surface area contributed by atoms with Crippen molar-refractivity contribution < 1.29 is 18.7 Å². The number of nitrogens with zero attached hydrogens (tertiary/aromatic N) is 1. The van der Waals surface area contributed by atoms with Gasteiger partial charge in [0.25, 0.3) is 5.91 Å². The minimum Gasteiger partial charge on any atom is -0.493 e. The molecule has 4 rings (SSSR count). The molecule has 2 aromatic rings. The highest BCUT2D eigenvalue weighted by Gasteiger charge is 2.25. The second kappa shape index (κ2) is 7.70. The Bertz CT molecular complexity index is 849. The molecule has 0 aliphatic carbocycles. The number of furan rings is 1. The lowest BCUT2D eigenvalue weighted by Gasteiger charge is -2.31. The molecule has 2 aliphatic heterocycles. The first-order valence-corrected chi connectivity index (χ1v) is 9.26. The van der Waals surface area contributed by atoms with E-state index in [1.807, 2.05) is 18.2 Å². The van der Waals surface area contributed by atoms with Crippen LogP contribution in [0.3, 0.4) is 0 Å². The number of fused-ring (bicyclic) bond motifs is 1. The Morgan fingerprint density at radius 1 is 1.19 bits per heavy atom. The van der Waals surface area contributed by atoms with Gasteiger partial charge in [-0.1, -0.05) is 6.07 Å². The van der Waals surface area contributed by atoms with E-state index >= 15 is 0 Å². The standard InChI is InChI=1S/C21H22N2O4/c24-20(6-4-15-3-5-18-16(14-15)9-13-27-18)22-17-7-10-23(11-8-17)21(25)19-2-1-12-26-19/h1-6,12,14,17H,7-11,13H2,(H,22,24)/b6-4+. The van der Waals surface area contributed by atoms with E-state index in [-0.39, 0.29) is 17.9 Å². The minimum absolute atomic E-state index is 0.0798. The van der Waals surface area contributed by atoms with Gasteiger partial charge in [-0.3, -0.25) is 9.59 Å². The van der Waals surface area contributed by atoms with E-state index in [1.54, 1.807) is 23.1 Å². The summed E-state index contributed by atoms with van der Waals surface area (Å²) in [5.74, 6) is 1.10. The Balaban J connectivity index is 1.26. The van der Waals surface area contributed by atoms with Gasteiger partial charge < -0.3 is 19.4 Å². The fourth-order valence-electron chi connectivity index (χ4n) is 3.51. The number of hydrogen-bond acceptors (Lipinski definition) is 4. The molecule has 0 atom stereocenters. The van der Waals surface area contributed by atoms with Gasteiger partial charge in [0.05, 0.1) is 12.9 Å². The highest BCUT2D eigenvalue weighted by molar-refractivity contribution is 5.92. The van der Waals surface area contributed by atoms with E-state index in [1.165, 1.54) is 11.8 Å². The summed E-state index contributed by atoms with van der Waals surface area (Å²) in [7, 11) is 0. The summed E-state index contributed by atoms with van der Waals surface area (Å²) < 4.78 is 10.7. The van der Waals surface area contributed by atoms with Gasteiger partial charge in [-0.15, -0.1) is 0 Å². The quantitative estimate of drug-likeness (QED) is 0.845. The Labute approximate surface area is 157 Å². The summed E-state index contributed by atoms with van der Waals surface area (Å²) in [4.78, 5) is 26.2. The smallest absolute Gasteiger partial charge is 0.289 e. The number of benzene rings is 1. The van der Waals surface area contributed by atoms with Crippen molar-refractivity contribution in [3.05, 3.63) is 59.6 Å². The van der Waals surface area contributed by atoms with Gasteiger partial charge in [0.2, 0.25) is 5.91 Å². The lowest BCUT2D eigenvalue weighted by molar-refractivity contribution is -0.117. The Morgan fingerprint density at radius 2 is 2.04 bits per heavy atom. The zero-order chi connectivity index (χ0) is 18.6. The van der Waals surface area contributed by atoms with Crippen LogP contribution >= 0.6 is 0 Å². The molecule has 1 fully saturated rings. The van der Waals surface area contributed by atoms with E-state index in [9.17, 15) is 9.59 Å². The molecule has 2 amide bonds. The van der Waals surface area contributed by atoms with Gasteiger partial charge in [0.15, 0.2) is 5.76 Å². The van der Waals surface area contributed by atoms with Crippen molar-refractivity contribution in [1.29, 1.82) is 0 Å². The Morgan fingerprint density at radius 3 is 2.81 bits per heavy atom. The summed E-state index contributed by atoms with van der Waals surface area (Å²) in [6, 6.07) is 9.42. The van der Waals surface area contributed by atoms with Crippen LogP contribution < -0.4 is 10.1 Å². The predicted octanol–water partition coefficient (Wildman–Crippen LogP) is 2.65. The summed E-state index contributed by atoms with van der Waals surface area (Å²) in [5, 5.41) is 3.02. The fourth-order valence-corrected chi connectivity index (χ4v) is 3.51. The molecule has 6 heteroatoms. The number of carbonyl (C=O) groups is 2. The maximum atomic E-state index is 12.3. The van der Waals surface area contributed by atoms with Crippen LogP contribution in [0.15, 0.2) is 47.1 Å². The van der Waals surface area contributed by atoms with Crippen molar-refractivity contribution >= 4 is 17.9 Å². The molecule has 1 saturated heterocycles. The predicted molar refractivity (Wildman–Crippen MR) is 100 cm³/mol. The normalized spacial score (nSPS) is 17.0. The Kier molecular flexibility index (Phi) is 4.96. The molecule has 1 aromatic carbocycles. The van der Waals surface area contributed by atoms with E-state index in [0.717, 1.165) is 37.2 Å². The van der Waals surface area contributed by atoms with Crippen LogP contribution in [0.2, 0.25) is 0 Å². The van der Waals surface area contributed by atoms with Crippen LogP contribution in [0, 0.1) is 0 Å². The second-order valence-corrected chi connectivity index (χ2v) is 6.85. The third-order valence-electron chi connectivity index (χ3n) is 5.00. The molecule has 140 valence electrons. The summed E-state index contributed by atoms with van der Waals surface area (Å²) in [6.07, 6.45) is 7.28. The van der Waals surface area contributed by atoms with Crippen LogP contribution in [0.5, 0.6) is 5.75 Å². The molecule has 2 aliphatic rings. The maximum Gasteiger partial charge on any atom is 0.289 e. The molecule has 0 bridgehead atoms. The van der Waals surface area contributed by atoms with E-state index in [0.29, 0.717) is 18.8 Å².